The molecule has 5 N–H and O–H groups in total. The van der Waals surface area contributed by atoms with Crippen LogP contribution in [0.1, 0.15) is 22.3 Å². The van der Waals surface area contributed by atoms with Crippen molar-refractivity contribution in [2.24, 2.45) is 0 Å². The second-order valence-corrected chi connectivity index (χ2v) is 8.24. The van der Waals surface area contributed by atoms with E-state index < -0.39 is 33.2 Å². The fraction of sp³-hybridized carbons (Fsp3) is 0.368. The van der Waals surface area contributed by atoms with Crippen molar-refractivity contribution in [1.29, 1.82) is 0 Å². The number of hydroxylamine groups is 1. The van der Waals surface area contributed by atoms with Gasteiger partial charge in [-0.2, -0.15) is 0 Å². The van der Waals surface area contributed by atoms with Crippen LogP contribution in [-0.4, -0.2) is 67.3 Å². The summed E-state index contributed by atoms with van der Waals surface area (Å²) in [4.78, 5) is 24.5. The van der Waals surface area contributed by atoms with Gasteiger partial charge in [0, 0.05) is 54.8 Å². The number of aliphatic hydroxyl groups excluding tert-OH is 1. The van der Waals surface area contributed by atoms with Gasteiger partial charge in [-0.1, -0.05) is 11.8 Å². The average Bonchev–Trinajstić information content (AvgIpc) is 2.78. The van der Waals surface area contributed by atoms with E-state index in [1.165, 1.54) is 24.7 Å². The molecule has 0 aliphatic carbocycles. The molecule has 1 atom stereocenters. The summed E-state index contributed by atoms with van der Waals surface area (Å²) >= 11 is 4.24. The molecule has 0 saturated carbocycles. The van der Waals surface area contributed by atoms with Crippen LogP contribution in [-0.2, 0) is 14.6 Å². The van der Waals surface area contributed by atoms with Crippen LogP contribution in [0.4, 0.5) is 0 Å². The van der Waals surface area contributed by atoms with Gasteiger partial charge in [-0.25, -0.2) is 13.9 Å². The largest absolute Gasteiger partial charge is 0.395 e. The minimum absolute atomic E-state index is 0.0370. The van der Waals surface area contributed by atoms with Gasteiger partial charge in [-0.05, 0) is 31.3 Å². The highest BCUT2D eigenvalue weighted by atomic mass is 128. The molecule has 1 aliphatic rings. The number of rotatable bonds is 6. The summed E-state index contributed by atoms with van der Waals surface area (Å²) in [7, 11) is -1.83. The number of hydrogen-bond donors (Lipinski definition) is 5. The zero-order chi connectivity index (χ0) is 24.1. The van der Waals surface area contributed by atoms with Crippen molar-refractivity contribution in [2.45, 2.75) is 18.0 Å². The van der Waals surface area contributed by atoms with Gasteiger partial charge in [-0.3, -0.25) is 14.8 Å². The van der Waals surface area contributed by atoms with E-state index in [-0.39, 0.29) is 23.7 Å². The molecule has 1 aromatic rings. The summed E-state index contributed by atoms with van der Waals surface area (Å²) in [5.74, 6) is 3.39. The van der Waals surface area contributed by atoms with Crippen LogP contribution in [0.5, 0.6) is 0 Å². The Morgan fingerprint density at radius 1 is 1.23 bits per heavy atom. The average molecular weight is 677 g/mol. The number of sulfone groups is 1. The van der Waals surface area contributed by atoms with E-state index in [1.54, 1.807) is 12.1 Å². The Morgan fingerprint density at radius 2 is 1.77 bits per heavy atom. The summed E-state index contributed by atoms with van der Waals surface area (Å²) in [6.45, 7) is 5.96. The van der Waals surface area contributed by atoms with E-state index in [0.717, 1.165) is 0 Å². The van der Waals surface area contributed by atoms with Crippen LogP contribution < -0.4 is 16.1 Å². The smallest absolute Gasteiger partial charge is 0.267 e. The molecule has 2 rings (SSSR count). The Kier molecular flexibility index (Phi) is 14.1. The third-order valence-corrected chi connectivity index (χ3v) is 6.18. The van der Waals surface area contributed by atoms with Gasteiger partial charge in [-0.15, -0.1) is 13.2 Å². The number of hydrogen-bond acceptors (Lipinski definition) is 7. The molecule has 0 bridgehead atoms. The number of nitrogens with one attached hydrogen (secondary N) is 3. The second kappa shape index (κ2) is 14.7. The van der Waals surface area contributed by atoms with Crippen LogP contribution in [0.15, 0.2) is 37.4 Å². The molecule has 1 saturated heterocycles. The molecule has 1 aromatic carbocycles. The van der Waals surface area contributed by atoms with Gasteiger partial charge >= 0.3 is 0 Å². The lowest BCUT2D eigenvalue weighted by molar-refractivity contribution is -0.133. The monoisotopic (exact) mass is 677 g/mol. The van der Waals surface area contributed by atoms with Gasteiger partial charge in [0.2, 0.25) is 0 Å². The molecule has 9 nitrogen and oxygen atoms in total. The number of carbonyl (C=O) groups is 2. The molecular formula is C19H25I2N3O6S. The van der Waals surface area contributed by atoms with Crippen molar-refractivity contribution in [1.82, 2.24) is 16.1 Å². The van der Waals surface area contributed by atoms with Crippen molar-refractivity contribution < 1.29 is 28.3 Å². The molecule has 12 heteroatoms. The number of likely N-dealkylation sites (N-methyl/N-ethyl adjacent to an activating group) is 1. The highest BCUT2D eigenvalue weighted by Gasteiger charge is 2.55. The predicted octanol–water partition coefficient (Wildman–Crippen LogP) is 0.984. The normalized spacial score (nSPS) is 15.6. The molecule has 1 fully saturated rings. The van der Waals surface area contributed by atoms with E-state index in [4.69, 9.17) is 10.3 Å². The molecule has 0 radical (unpaired) electrons. The summed E-state index contributed by atoms with van der Waals surface area (Å²) < 4.78 is 23.2. The van der Waals surface area contributed by atoms with Gasteiger partial charge in [0.25, 0.3) is 11.8 Å². The topological polar surface area (TPSA) is 145 Å². The van der Waals surface area contributed by atoms with Crippen molar-refractivity contribution in [3.63, 3.8) is 0 Å². The van der Waals surface area contributed by atoms with Crippen LogP contribution >= 0.6 is 37.2 Å². The Balaban J connectivity index is 0.00000212. The fourth-order valence-electron chi connectivity index (χ4n) is 2.86. The van der Waals surface area contributed by atoms with Crippen LogP contribution in [0, 0.1) is 11.8 Å². The minimum atomic E-state index is -3.31. The number of carbonyl (C=O) groups excluding carboxylic acids is 2. The Bertz CT molecular complexity index is 885. The van der Waals surface area contributed by atoms with E-state index in [1.807, 2.05) is 0 Å². The SMILES string of the molecule is C=C.CNC1(C(NC(=O)c2ccc(C#CCCO)cc2)C(=O)NO)CS(=O)(=O)C1.II. The molecular weight excluding hydrogens is 652 g/mol. The fourth-order valence-corrected chi connectivity index (χ4v) is 4.96. The third kappa shape index (κ3) is 8.66. The van der Waals surface area contributed by atoms with E-state index >= 15 is 0 Å². The highest BCUT2D eigenvalue weighted by Crippen LogP contribution is 2.27. The maximum absolute atomic E-state index is 12.5. The molecule has 31 heavy (non-hydrogen) atoms. The first-order chi connectivity index (χ1) is 14.8. The van der Waals surface area contributed by atoms with Crippen LogP contribution in [0.3, 0.4) is 0 Å². The molecule has 1 aliphatic heterocycles. The number of benzene rings is 1. The second-order valence-electron chi connectivity index (χ2n) is 6.17. The first kappa shape index (κ1) is 29.8. The number of halogens is 2. The highest BCUT2D eigenvalue weighted by molar-refractivity contribution is 15.0. The van der Waals surface area contributed by atoms with E-state index in [2.05, 4.69) is 72.9 Å². The van der Waals surface area contributed by atoms with E-state index in [9.17, 15) is 18.0 Å². The summed E-state index contributed by atoms with van der Waals surface area (Å²) in [5, 5.41) is 22.9. The van der Waals surface area contributed by atoms with Crippen molar-refractivity contribution in [2.75, 3.05) is 25.2 Å². The molecule has 172 valence electrons. The lowest BCUT2D eigenvalue weighted by Crippen LogP contribution is -2.76. The van der Waals surface area contributed by atoms with E-state index in [0.29, 0.717) is 12.0 Å². The molecule has 0 aromatic heterocycles. The zero-order valence-corrected chi connectivity index (χ0v) is 22.0. The Labute approximate surface area is 205 Å². The summed E-state index contributed by atoms with van der Waals surface area (Å²) in [5.41, 5.74) is 1.17. The summed E-state index contributed by atoms with van der Waals surface area (Å²) in [6, 6.07) is 4.96. The first-order valence-electron chi connectivity index (χ1n) is 8.75. The summed E-state index contributed by atoms with van der Waals surface area (Å²) in [6.07, 6.45) is 0.342. The van der Waals surface area contributed by atoms with Gasteiger partial charge in [0.1, 0.15) is 6.04 Å². The standard InChI is InChI=1S/C17H21N3O6S.C2H4.I2/c1-18-17(10-27(25,26)11-17)14(16(23)20-24)19-15(22)13-7-5-12(6-8-13)4-2-3-9-21;2*1-2/h5-8,14,18,21,24H,3,9-11H2,1H3,(H,19,22)(H,20,23);1-2H2;. The Hall–Kier alpha value is -1.25. The molecule has 2 amide bonds. The first-order valence-corrected chi connectivity index (χ1v) is 16.9. The quantitative estimate of drug-likeness (QED) is 0.0994. The van der Waals surface area contributed by atoms with Gasteiger partial charge < -0.3 is 15.7 Å². The number of aliphatic hydroxyl groups is 1. The molecule has 1 heterocycles. The van der Waals surface area contributed by atoms with Crippen LogP contribution in [0.25, 0.3) is 0 Å². The van der Waals surface area contributed by atoms with Crippen molar-refractivity contribution >= 4 is 58.9 Å². The predicted molar refractivity (Wildman–Crippen MR) is 136 cm³/mol. The van der Waals surface area contributed by atoms with Crippen molar-refractivity contribution in [3.05, 3.63) is 48.6 Å². The maximum Gasteiger partial charge on any atom is 0.267 e. The lowest BCUT2D eigenvalue weighted by atomic mass is 9.92. The van der Waals surface area contributed by atoms with Gasteiger partial charge in [0.05, 0.1) is 23.7 Å². The van der Waals surface area contributed by atoms with Crippen molar-refractivity contribution in [3.8, 4) is 11.8 Å². The number of amides is 2. The maximum atomic E-state index is 12.5. The lowest BCUT2D eigenvalue weighted by Gasteiger charge is -2.45. The molecule has 1 unspecified atom stereocenters. The third-order valence-electron chi connectivity index (χ3n) is 4.27. The van der Waals surface area contributed by atoms with Crippen LogP contribution in [0.2, 0.25) is 0 Å². The zero-order valence-electron chi connectivity index (χ0n) is 16.8. The molecule has 0 spiro atoms. The Morgan fingerprint density at radius 3 is 2.19 bits per heavy atom. The minimum Gasteiger partial charge on any atom is -0.395 e. The van der Waals surface area contributed by atoms with Gasteiger partial charge in [0.15, 0.2) is 9.84 Å².